The monoisotopic (exact) mass is 402 g/mol. The predicted octanol–water partition coefficient (Wildman–Crippen LogP) is 2.95. The molecular weight excluding hydrogens is 364 g/mol. The molecule has 0 atom stereocenters. The average molecular weight is 403 g/mol. The Morgan fingerprint density at radius 3 is 2.69 bits per heavy atom. The molecule has 0 amide bonds. The van der Waals surface area contributed by atoms with Crippen LogP contribution in [0.5, 0.6) is 5.75 Å². The minimum absolute atomic E-state index is 0.549. The second-order valence-electron chi connectivity index (χ2n) is 8.24. The van der Waals surface area contributed by atoms with Crippen LogP contribution in [0.15, 0.2) is 23.2 Å². The number of benzene rings is 1. The molecule has 2 aliphatic rings. The summed E-state index contributed by atoms with van der Waals surface area (Å²) >= 11 is 0. The number of aliphatic imine (C=N–C) groups is 1. The summed E-state index contributed by atoms with van der Waals surface area (Å²) in [6, 6.07) is 7.12. The first kappa shape index (κ1) is 21.9. The van der Waals surface area contributed by atoms with Crippen molar-refractivity contribution in [2.75, 3.05) is 46.5 Å². The molecule has 0 saturated heterocycles. The highest BCUT2D eigenvalue weighted by Crippen LogP contribution is 2.34. The Morgan fingerprint density at radius 1 is 1.17 bits per heavy atom. The summed E-state index contributed by atoms with van der Waals surface area (Å²) in [7, 11) is 1.69. The fraction of sp³-hybridized carbons (Fsp3) is 0.696. The summed E-state index contributed by atoms with van der Waals surface area (Å²) in [4.78, 5) is 7.47. The van der Waals surface area contributed by atoms with Crippen LogP contribution in [0.25, 0.3) is 0 Å². The van der Waals surface area contributed by atoms with Gasteiger partial charge in [0.05, 0.1) is 13.2 Å². The minimum Gasteiger partial charge on any atom is -0.491 e. The van der Waals surface area contributed by atoms with Crippen molar-refractivity contribution in [3.05, 3.63) is 29.3 Å². The molecule has 0 aliphatic heterocycles. The summed E-state index contributed by atoms with van der Waals surface area (Å²) < 4.78 is 11.0. The Labute approximate surface area is 176 Å². The van der Waals surface area contributed by atoms with Crippen molar-refractivity contribution in [1.82, 2.24) is 15.5 Å². The fourth-order valence-electron chi connectivity index (χ4n) is 3.48. The predicted molar refractivity (Wildman–Crippen MR) is 119 cm³/mol. The lowest BCUT2D eigenvalue weighted by Crippen LogP contribution is -2.42. The number of hydrogen-bond acceptors (Lipinski definition) is 4. The van der Waals surface area contributed by atoms with Crippen molar-refractivity contribution in [2.45, 2.75) is 52.1 Å². The summed E-state index contributed by atoms with van der Waals surface area (Å²) in [5.41, 5.74) is 2.28. The summed E-state index contributed by atoms with van der Waals surface area (Å²) in [5, 5.41) is 6.88. The molecule has 2 fully saturated rings. The van der Waals surface area contributed by atoms with Crippen LogP contribution >= 0.6 is 0 Å². The van der Waals surface area contributed by atoms with E-state index in [9.17, 15) is 0 Å². The molecule has 2 aliphatic carbocycles. The first-order chi connectivity index (χ1) is 14.2. The first-order valence-electron chi connectivity index (χ1n) is 11.2. The van der Waals surface area contributed by atoms with E-state index in [1.54, 1.807) is 7.11 Å². The number of hydrogen-bond donors (Lipinski definition) is 2. The maximum absolute atomic E-state index is 5.90. The highest BCUT2D eigenvalue weighted by atomic mass is 16.5. The Balaban J connectivity index is 1.52. The third kappa shape index (κ3) is 7.86. The average Bonchev–Trinajstić information content (AvgIpc) is 3.61. The summed E-state index contributed by atoms with van der Waals surface area (Å²) in [6.45, 7) is 10.1. The third-order valence-electron chi connectivity index (χ3n) is 5.46. The largest absolute Gasteiger partial charge is 0.491 e. The van der Waals surface area contributed by atoms with E-state index in [1.807, 2.05) is 0 Å². The molecule has 3 rings (SSSR count). The first-order valence-corrected chi connectivity index (χ1v) is 11.2. The molecule has 6 nitrogen and oxygen atoms in total. The summed E-state index contributed by atoms with van der Waals surface area (Å²) in [6.07, 6.45) is 5.60. The van der Waals surface area contributed by atoms with Crippen molar-refractivity contribution in [2.24, 2.45) is 10.9 Å². The molecule has 0 unspecified atom stereocenters. The van der Waals surface area contributed by atoms with Gasteiger partial charge in [0.15, 0.2) is 5.96 Å². The van der Waals surface area contributed by atoms with E-state index in [-0.39, 0.29) is 0 Å². The molecule has 162 valence electrons. The quantitative estimate of drug-likeness (QED) is 0.302. The Morgan fingerprint density at radius 2 is 2.00 bits per heavy atom. The van der Waals surface area contributed by atoms with Crippen LogP contribution in [0.1, 0.15) is 43.7 Å². The molecule has 2 N–H and O–H groups in total. The van der Waals surface area contributed by atoms with Gasteiger partial charge in [-0.2, -0.15) is 0 Å². The smallest absolute Gasteiger partial charge is 0.191 e. The number of nitrogens with zero attached hydrogens (tertiary/aromatic N) is 2. The number of ether oxygens (including phenoxy) is 2. The maximum Gasteiger partial charge on any atom is 0.191 e. The van der Waals surface area contributed by atoms with Crippen LogP contribution < -0.4 is 15.4 Å². The SMILES string of the molecule is CCNC(=NCc1ccc(C)cc1OCCOC)NCCN(CC1CC1)C1CC1. The molecular formula is C23H38N4O2. The van der Waals surface area contributed by atoms with E-state index in [0.29, 0.717) is 19.8 Å². The van der Waals surface area contributed by atoms with Gasteiger partial charge in [0.25, 0.3) is 0 Å². The number of nitrogens with one attached hydrogen (secondary N) is 2. The van der Waals surface area contributed by atoms with Gasteiger partial charge in [-0.3, -0.25) is 4.90 Å². The van der Waals surface area contributed by atoms with Crippen LogP contribution in [0.2, 0.25) is 0 Å². The lowest BCUT2D eigenvalue weighted by molar-refractivity contribution is 0.145. The standard InChI is InChI=1S/C23H38N4O2/c1-4-24-23(25-11-12-27(21-9-10-21)17-19-6-7-19)26-16-20-8-5-18(2)15-22(20)29-14-13-28-3/h5,8,15,19,21H,4,6-7,9-14,16-17H2,1-3H3,(H2,24,25,26). The molecule has 2 saturated carbocycles. The van der Waals surface area contributed by atoms with Crippen molar-refractivity contribution in [1.29, 1.82) is 0 Å². The van der Waals surface area contributed by atoms with Gasteiger partial charge in [-0.15, -0.1) is 0 Å². The normalized spacial score (nSPS) is 16.9. The van der Waals surface area contributed by atoms with Gasteiger partial charge in [0, 0.05) is 44.9 Å². The van der Waals surface area contributed by atoms with E-state index in [2.05, 4.69) is 47.6 Å². The zero-order valence-corrected chi connectivity index (χ0v) is 18.4. The van der Waals surface area contributed by atoms with Gasteiger partial charge in [-0.25, -0.2) is 4.99 Å². The number of guanidine groups is 1. The molecule has 29 heavy (non-hydrogen) atoms. The number of aryl methyl sites for hydroxylation is 1. The maximum atomic E-state index is 5.90. The van der Waals surface area contributed by atoms with E-state index in [0.717, 1.165) is 48.9 Å². The van der Waals surface area contributed by atoms with Crippen molar-refractivity contribution >= 4 is 5.96 Å². The molecule has 1 aromatic rings. The van der Waals surface area contributed by atoms with E-state index in [4.69, 9.17) is 14.5 Å². The fourth-order valence-corrected chi connectivity index (χ4v) is 3.48. The van der Waals surface area contributed by atoms with Crippen LogP contribution in [0, 0.1) is 12.8 Å². The Hall–Kier alpha value is -1.79. The van der Waals surface area contributed by atoms with Crippen LogP contribution in [0.4, 0.5) is 0 Å². The van der Waals surface area contributed by atoms with E-state index in [1.165, 1.54) is 37.8 Å². The molecule has 1 aromatic carbocycles. The number of methoxy groups -OCH3 is 1. The molecule has 0 aromatic heterocycles. The highest BCUT2D eigenvalue weighted by molar-refractivity contribution is 5.79. The van der Waals surface area contributed by atoms with Gasteiger partial charge in [-0.1, -0.05) is 12.1 Å². The topological polar surface area (TPSA) is 58.1 Å². The lowest BCUT2D eigenvalue weighted by Gasteiger charge is -2.22. The van der Waals surface area contributed by atoms with E-state index < -0.39 is 0 Å². The second kappa shape index (κ2) is 11.4. The zero-order valence-electron chi connectivity index (χ0n) is 18.4. The second-order valence-corrected chi connectivity index (χ2v) is 8.24. The highest BCUT2D eigenvalue weighted by Gasteiger charge is 2.33. The van der Waals surface area contributed by atoms with Crippen LogP contribution in [0.3, 0.4) is 0 Å². The Kier molecular flexibility index (Phi) is 8.62. The van der Waals surface area contributed by atoms with Gasteiger partial charge < -0.3 is 20.1 Å². The summed E-state index contributed by atoms with van der Waals surface area (Å²) in [5.74, 6) is 2.72. The van der Waals surface area contributed by atoms with Crippen LogP contribution in [-0.2, 0) is 11.3 Å². The zero-order chi connectivity index (χ0) is 20.5. The van der Waals surface area contributed by atoms with Gasteiger partial charge >= 0.3 is 0 Å². The van der Waals surface area contributed by atoms with Crippen molar-refractivity contribution in [3.63, 3.8) is 0 Å². The third-order valence-corrected chi connectivity index (χ3v) is 5.46. The van der Waals surface area contributed by atoms with Gasteiger partial charge in [0.1, 0.15) is 12.4 Å². The van der Waals surface area contributed by atoms with Crippen LogP contribution in [-0.4, -0.2) is 63.4 Å². The molecule has 0 bridgehead atoms. The molecule has 6 heteroatoms. The molecule has 0 spiro atoms. The van der Waals surface area contributed by atoms with Gasteiger partial charge in [-0.05, 0) is 57.1 Å². The minimum atomic E-state index is 0.549. The van der Waals surface area contributed by atoms with Crippen molar-refractivity contribution in [3.8, 4) is 5.75 Å². The van der Waals surface area contributed by atoms with Crippen molar-refractivity contribution < 1.29 is 9.47 Å². The van der Waals surface area contributed by atoms with Gasteiger partial charge in [0.2, 0.25) is 0 Å². The molecule has 0 radical (unpaired) electrons. The lowest BCUT2D eigenvalue weighted by atomic mass is 10.1. The Bertz CT molecular complexity index is 656. The number of rotatable bonds is 13. The van der Waals surface area contributed by atoms with E-state index >= 15 is 0 Å². The molecule has 0 heterocycles.